The van der Waals surface area contributed by atoms with Crippen LogP contribution in [-0.2, 0) is 0 Å². The van der Waals surface area contributed by atoms with Crippen molar-refractivity contribution >= 4 is 40.3 Å². The molecule has 3 heterocycles. The van der Waals surface area contributed by atoms with Crippen LogP contribution in [0.1, 0.15) is 5.37 Å². The summed E-state index contributed by atoms with van der Waals surface area (Å²) in [6.07, 6.45) is -0.0159. The van der Waals surface area contributed by atoms with Crippen LogP contribution in [0.5, 0.6) is 0 Å². The van der Waals surface area contributed by atoms with E-state index in [1.807, 2.05) is 0 Å². The second-order valence-corrected chi connectivity index (χ2v) is 5.68. The number of halogens is 1. The zero-order valence-corrected chi connectivity index (χ0v) is 11.6. The van der Waals surface area contributed by atoms with Crippen LogP contribution in [0.2, 0.25) is 5.28 Å². The molecule has 0 unspecified atom stereocenters. The number of rotatable bonds is 2. The number of aliphatic hydroxyl groups excluding tert-OH is 2. The Labute approximate surface area is 118 Å². The quantitative estimate of drug-likeness (QED) is 0.695. The number of hydrogen-bond acceptors (Lipinski definition) is 7. The largest absolute Gasteiger partial charge is 0.389 e. The summed E-state index contributed by atoms with van der Waals surface area (Å²) in [4.78, 5) is 12.4. The van der Waals surface area contributed by atoms with Gasteiger partial charge in [-0.2, -0.15) is 9.97 Å². The molecule has 19 heavy (non-hydrogen) atoms. The third kappa shape index (κ3) is 2.04. The van der Waals surface area contributed by atoms with Gasteiger partial charge in [0, 0.05) is 12.8 Å². The molecule has 0 bridgehead atoms. The van der Waals surface area contributed by atoms with Crippen LogP contribution in [0.15, 0.2) is 6.33 Å². The van der Waals surface area contributed by atoms with Crippen molar-refractivity contribution in [1.82, 2.24) is 19.5 Å². The Morgan fingerprint density at radius 3 is 2.89 bits per heavy atom. The molecule has 3 atom stereocenters. The number of imidazole rings is 1. The van der Waals surface area contributed by atoms with Crippen LogP contribution >= 0.6 is 23.4 Å². The highest BCUT2D eigenvalue weighted by Crippen LogP contribution is 2.38. The van der Waals surface area contributed by atoms with E-state index < -0.39 is 12.2 Å². The van der Waals surface area contributed by atoms with E-state index in [0.29, 0.717) is 22.7 Å². The summed E-state index contributed by atoms with van der Waals surface area (Å²) >= 11 is 7.33. The maximum Gasteiger partial charge on any atom is 0.226 e. The van der Waals surface area contributed by atoms with Gasteiger partial charge in [-0.05, 0) is 11.6 Å². The van der Waals surface area contributed by atoms with Crippen molar-refractivity contribution in [3.63, 3.8) is 0 Å². The number of aliphatic hydroxyl groups is 2. The first-order valence-corrected chi connectivity index (χ1v) is 7.10. The SMILES string of the molecule is CNc1nc(Cl)nc2c1ncn2[C@@H]1SC[C@H](O)[C@@H]1O. The van der Waals surface area contributed by atoms with Gasteiger partial charge >= 0.3 is 0 Å². The summed E-state index contributed by atoms with van der Waals surface area (Å²) in [5, 5.41) is 22.3. The lowest BCUT2D eigenvalue weighted by Gasteiger charge is -2.17. The third-order valence-corrected chi connectivity index (χ3v) is 4.58. The van der Waals surface area contributed by atoms with E-state index in [9.17, 15) is 10.2 Å². The molecule has 0 amide bonds. The van der Waals surface area contributed by atoms with Crippen molar-refractivity contribution in [2.45, 2.75) is 17.6 Å². The van der Waals surface area contributed by atoms with E-state index in [1.54, 1.807) is 17.9 Å². The van der Waals surface area contributed by atoms with Gasteiger partial charge in [0.25, 0.3) is 0 Å². The molecule has 0 aliphatic carbocycles. The molecular formula is C10H12ClN5O2S. The van der Waals surface area contributed by atoms with E-state index >= 15 is 0 Å². The predicted molar refractivity (Wildman–Crippen MR) is 73.4 cm³/mol. The van der Waals surface area contributed by atoms with Gasteiger partial charge in [-0.1, -0.05) is 0 Å². The lowest BCUT2D eigenvalue weighted by molar-refractivity contribution is 0.0313. The number of anilines is 1. The Hall–Kier alpha value is -1.09. The fourth-order valence-corrected chi connectivity index (χ4v) is 3.53. The predicted octanol–water partition coefficient (Wildman–Crippen LogP) is 0.489. The Bertz CT molecular complexity index is 621. The van der Waals surface area contributed by atoms with Gasteiger partial charge in [0.15, 0.2) is 17.0 Å². The second kappa shape index (κ2) is 4.78. The summed E-state index contributed by atoms with van der Waals surface area (Å²) in [7, 11) is 1.72. The van der Waals surface area contributed by atoms with Gasteiger partial charge in [0.1, 0.15) is 11.5 Å². The summed E-state index contributed by atoms with van der Waals surface area (Å²) in [6.45, 7) is 0. The molecule has 0 radical (unpaired) electrons. The number of fused-ring (bicyclic) bond motifs is 1. The first-order chi connectivity index (χ1) is 9.11. The molecular weight excluding hydrogens is 290 g/mol. The topological polar surface area (TPSA) is 96.1 Å². The van der Waals surface area contributed by atoms with Crippen molar-refractivity contribution < 1.29 is 10.2 Å². The summed E-state index contributed by atoms with van der Waals surface area (Å²) < 4.78 is 1.72. The molecule has 0 aromatic carbocycles. The molecule has 3 rings (SSSR count). The van der Waals surface area contributed by atoms with Gasteiger partial charge in [0.2, 0.25) is 5.28 Å². The van der Waals surface area contributed by atoms with Crippen molar-refractivity contribution in [3.05, 3.63) is 11.6 Å². The van der Waals surface area contributed by atoms with Crippen LogP contribution in [-0.4, -0.2) is 54.7 Å². The maximum absolute atomic E-state index is 9.97. The monoisotopic (exact) mass is 301 g/mol. The summed E-state index contributed by atoms with van der Waals surface area (Å²) in [5.41, 5.74) is 1.12. The van der Waals surface area contributed by atoms with Crippen molar-refractivity contribution in [1.29, 1.82) is 0 Å². The molecule has 1 saturated heterocycles. The Morgan fingerprint density at radius 1 is 1.47 bits per heavy atom. The molecule has 0 saturated carbocycles. The molecule has 0 spiro atoms. The first kappa shape index (κ1) is 12.9. The van der Waals surface area contributed by atoms with Crippen LogP contribution in [0.25, 0.3) is 11.2 Å². The minimum absolute atomic E-state index is 0.108. The highest BCUT2D eigenvalue weighted by molar-refractivity contribution is 7.99. The summed E-state index contributed by atoms with van der Waals surface area (Å²) in [6, 6.07) is 0. The minimum Gasteiger partial charge on any atom is -0.389 e. The zero-order chi connectivity index (χ0) is 13.6. The van der Waals surface area contributed by atoms with E-state index in [0.717, 1.165) is 0 Å². The summed E-state index contributed by atoms with van der Waals surface area (Å²) in [5.74, 6) is 1.01. The molecule has 1 aliphatic rings. The van der Waals surface area contributed by atoms with Crippen LogP contribution in [0, 0.1) is 0 Å². The van der Waals surface area contributed by atoms with Crippen molar-refractivity contribution in [2.75, 3.05) is 18.1 Å². The van der Waals surface area contributed by atoms with Crippen LogP contribution < -0.4 is 5.32 Å². The van der Waals surface area contributed by atoms with Crippen LogP contribution in [0.4, 0.5) is 5.82 Å². The molecule has 1 fully saturated rings. The number of hydrogen-bond donors (Lipinski definition) is 3. The van der Waals surface area contributed by atoms with E-state index in [-0.39, 0.29) is 10.7 Å². The van der Waals surface area contributed by atoms with Crippen molar-refractivity contribution in [2.24, 2.45) is 0 Å². The zero-order valence-electron chi connectivity index (χ0n) is 9.99. The fraction of sp³-hybridized carbons (Fsp3) is 0.500. The highest BCUT2D eigenvalue weighted by Gasteiger charge is 2.36. The molecule has 2 aromatic heterocycles. The lowest BCUT2D eigenvalue weighted by Crippen LogP contribution is -2.27. The smallest absolute Gasteiger partial charge is 0.226 e. The Balaban J connectivity index is 2.13. The molecule has 1 aliphatic heterocycles. The molecule has 102 valence electrons. The standard InChI is InChI=1S/C10H12ClN5O2S/c1-12-7-5-8(15-10(11)14-7)16(3-13-5)9-6(18)4(17)2-19-9/h3-4,6,9,17-18H,2H2,1H3,(H,12,14,15)/t4-,6-,9+/m0/s1. The molecule has 3 N–H and O–H groups in total. The number of nitrogens with one attached hydrogen (secondary N) is 1. The van der Waals surface area contributed by atoms with Gasteiger partial charge in [-0.15, -0.1) is 11.8 Å². The number of nitrogens with zero attached hydrogens (tertiary/aromatic N) is 4. The van der Waals surface area contributed by atoms with Gasteiger partial charge in [-0.25, -0.2) is 4.98 Å². The maximum atomic E-state index is 9.97. The third-order valence-electron chi connectivity index (χ3n) is 3.03. The average molecular weight is 302 g/mol. The minimum atomic E-state index is -0.853. The van der Waals surface area contributed by atoms with Gasteiger partial charge < -0.3 is 15.5 Å². The average Bonchev–Trinajstić information content (AvgIpc) is 2.94. The van der Waals surface area contributed by atoms with Gasteiger partial charge in [0.05, 0.1) is 12.4 Å². The van der Waals surface area contributed by atoms with E-state index in [4.69, 9.17) is 11.6 Å². The normalized spacial score (nSPS) is 27.1. The molecule has 9 heteroatoms. The fourth-order valence-electron chi connectivity index (χ4n) is 2.08. The van der Waals surface area contributed by atoms with Crippen molar-refractivity contribution in [3.8, 4) is 0 Å². The number of thioether (sulfide) groups is 1. The van der Waals surface area contributed by atoms with E-state index in [2.05, 4.69) is 20.3 Å². The number of aromatic nitrogens is 4. The highest BCUT2D eigenvalue weighted by atomic mass is 35.5. The second-order valence-electron chi connectivity index (χ2n) is 4.20. The first-order valence-electron chi connectivity index (χ1n) is 5.67. The molecule has 2 aromatic rings. The van der Waals surface area contributed by atoms with Crippen LogP contribution in [0.3, 0.4) is 0 Å². The molecule has 7 nitrogen and oxygen atoms in total. The Kier molecular flexibility index (Phi) is 3.25. The van der Waals surface area contributed by atoms with Gasteiger partial charge in [-0.3, -0.25) is 4.57 Å². The van der Waals surface area contributed by atoms with E-state index in [1.165, 1.54) is 11.8 Å². The lowest BCUT2D eigenvalue weighted by atomic mass is 10.2. The Morgan fingerprint density at radius 2 is 2.26 bits per heavy atom.